The van der Waals surface area contributed by atoms with Crippen LogP contribution in [0.4, 0.5) is 16.2 Å². The summed E-state index contributed by atoms with van der Waals surface area (Å²) < 4.78 is 5.39. The van der Waals surface area contributed by atoms with Crippen molar-refractivity contribution < 1.29 is 9.53 Å². The van der Waals surface area contributed by atoms with E-state index in [0.29, 0.717) is 6.04 Å². The van der Waals surface area contributed by atoms with Gasteiger partial charge >= 0.3 is 6.09 Å². The van der Waals surface area contributed by atoms with Crippen molar-refractivity contribution in [2.45, 2.75) is 77.0 Å². The summed E-state index contributed by atoms with van der Waals surface area (Å²) in [5.41, 5.74) is 7.48. The lowest BCUT2D eigenvalue weighted by Gasteiger charge is -2.39. The summed E-state index contributed by atoms with van der Waals surface area (Å²) in [5.74, 6) is 0.762. The summed E-state index contributed by atoms with van der Waals surface area (Å²) in [6.45, 7) is 9.12. The number of anilines is 2. The third-order valence-corrected chi connectivity index (χ3v) is 6.46. The molecular weight excluding hydrogens is 376 g/mol. The Morgan fingerprint density at radius 2 is 1.70 bits per heavy atom. The van der Waals surface area contributed by atoms with E-state index in [2.05, 4.69) is 34.3 Å². The number of benzene rings is 1. The highest BCUT2D eigenvalue weighted by Crippen LogP contribution is 2.27. The molecule has 0 aromatic heterocycles. The number of nitrogens with one attached hydrogen (secondary N) is 1. The summed E-state index contributed by atoms with van der Waals surface area (Å²) in [4.78, 5) is 17.0. The van der Waals surface area contributed by atoms with Crippen LogP contribution < -0.4 is 16.0 Å². The van der Waals surface area contributed by atoms with Gasteiger partial charge in [-0.15, -0.1) is 0 Å². The van der Waals surface area contributed by atoms with Gasteiger partial charge in [0.2, 0.25) is 0 Å². The first kappa shape index (κ1) is 22.7. The molecule has 168 valence electrons. The monoisotopic (exact) mass is 416 g/mol. The van der Waals surface area contributed by atoms with Crippen LogP contribution in [0.15, 0.2) is 24.3 Å². The predicted molar refractivity (Wildman–Crippen MR) is 124 cm³/mol. The van der Waals surface area contributed by atoms with E-state index < -0.39 is 5.60 Å². The van der Waals surface area contributed by atoms with E-state index in [9.17, 15) is 4.79 Å². The Balaban J connectivity index is 1.36. The average molecular weight is 417 g/mol. The number of nitrogen functional groups attached to an aromatic ring is 1. The molecule has 6 heteroatoms. The van der Waals surface area contributed by atoms with Crippen molar-refractivity contribution in [1.82, 2.24) is 10.2 Å². The van der Waals surface area contributed by atoms with Crippen LogP contribution in [0.1, 0.15) is 59.3 Å². The van der Waals surface area contributed by atoms with Crippen molar-refractivity contribution in [3.63, 3.8) is 0 Å². The number of carbonyl (C=O) groups is 1. The first-order valence-electron chi connectivity index (χ1n) is 11.5. The number of alkyl carbamates (subject to hydrolysis) is 1. The zero-order chi connectivity index (χ0) is 21.7. The highest BCUT2D eigenvalue weighted by molar-refractivity contribution is 5.68. The van der Waals surface area contributed by atoms with Crippen LogP contribution >= 0.6 is 0 Å². The Labute approximate surface area is 182 Å². The van der Waals surface area contributed by atoms with Crippen molar-refractivity contribution in [3.8, 4) is 0 Å². The Hall–Kier alpha value is -1.95. The third kappa shape index (κ3) is 6.79. The molecule has 1 amide bonds. The van der Waals surface area contributed by atoms with Crippen LogP contribution in [-0.4, -0.2) is 55.4 Å². The molecule has 0 radical (unpaired) electrons. The number of hydrogen-bond donors (Lipinski definition) is 2. The Bertz CT molecular complexity index is 669. The first-order valence-corrected chi connectivity index (χ1v) is 11.5. The maximum absolute atomic E-state index is 12.0. The van der Waals surface area contributed by atoms with Gasteiger partial charge in [-0.05, 0) is 96.5 Å². The zero-order valence-corrected chi connectivity index (χ0v) is 19.2. The van der Waals surface area contributed by atoms with Crippen LogP contribution in [0.5, 0.6) is 0 Å². The number of nitrogens with zero attached hydrogens (tertiary/aromatic N) is 2. The normalized spacial score (nSPS) is 23.4. The van der Waals surface area contributed by atoms with Crippen LogP contribution in [0.3, 0.4) is 0 Å². The maximum atomic E-state index is 12.0. The molecule has 1 heterocycles. The van der Waals surface area contributed by atoms with Gasteiger partial charge in [0.1, 0.15) is 5.60 Å². The van der Waals surface area contributed by atoms with Gasteiger partial charge in [-0.25, -0.2) is 4.79 Å². The molecule has 1 aliphatic heterocycles. The Morgan fingerprint density at radius 3 is 2.27 bits per heavy atom. The maximum Gasteiger partial charge on any atom is 0.407 e. The standard InChI is InChI=1S/C24H40N4O2/c1-24(2,3)30-23(29)26-20-7-11-21(12-8-20)27(4)17-18-13-15-28(16-14-18)22-9-5-19(25)6-10-22/h5-6,9-10,18,20-21H,7-8,11-17,25H2,1-4H3,(H,26,29). The second-order valence-electron chi connectivity index (χ2n) is 10.1. The molecular formula is C24H40N4O2. The molecule has 3 N–H and O–H groups in total. The molecule has 1 saturated heterocycles. The molecule has 1 saturated carbocycles. The van der Waals surface area contributed by atoms with Crippen molar-refractivity contribution in [2.75, 3.05) is 37.3 Å². The quantitative estimate of drug-likeness (QED) is 0.702. The topological polar surface area (TPSA) is 70.8 Å². The molecule has 0 bridgehead atoms. The number of amides is 1. The molecule has 1 aliphatic carbocycles. The second kappa shape index (κ2) is 9.90. The lowest BCUT2D eigenvalue weighted by Crippen LogP contribution is -2.46. The molecule has 3 rings (SSSR count). The molecule has 2 fully saturated rings. The van der Waals surface area contributed by atoms with Crippen LogP contribution in [0.25, 0.3) is 0 Å². The van der Waals surface area contributed by atoms with Crippen LogP contribution in [0.2, 0.25) is 0 Å². The number of piperidine rings is 1. The minimum Gasteiger partial charge on any atom is -0.444 e. The summed E-state index contributed by atoms with van der Waals surface area (Å²) in [5, 5.41) is 3.05. The van der Waals surface area contributed by atoms with Crippen molar-refractivity contribution in [3.05, 3.63) is 24.3 Å². The third-order valence-electron chi connectivity index (χ3n) is 6.46. The molecule has 30 heavy (non-hydrogen) atoms. The van der Waals surface area contributed by atoms with E-state index in [1.807, 2.05) is 32.9 Å². The number of nitrogens with two attached hydrogens (primary N) is 1. The SMILES string of the molecule is CN(CC1CCN(c2ccc(N)cc2)CC1)C1CCC(NC(=O)OC(C)(C)C)CC1. The van der Waals surface area contributed by atoms with Gasteiger partial charge < -0.3 is 25.6 Å². The highest BCUT2D eigenvalue weighted by Gasteiger charge is 2.28. The number of ether oxygens (including phenoxy) is 1. The Morgan fingerprint density at radius 1 is 1.10 bits per heavy atom. The van der Waals surface area contributed by atoms with Crippen molar-refractivity contribution in [2.24, 2.45) is 5.92 Å². The Kier molecular flexibility index (Phi) is 7.50. The molecule has 0 atom stereocenters. The minimum atomic E-state index is -0.440. The van der Waals surface area contributed by atoms with E-state index in [0.717, 1.165) is 50.4 Å². The van der Waals surface area contributed by atoms with Crippen molar-refractivity contribution >= 4 is 17.5 Å². The molecule has 1 aromatic carbocycles. The van der Waals surface area contributed by atoms with E-state index in [4.69, 9.17) is 10.5 Å². The molecule has 1 aromatic rings. The lowest BCUT2D eigenvalue weighted by molar-refractivity contribution is 0.0478. The summed E-state index contributed by atoms with van der Waals surface area (Å²) in [6.07, 6.45) is 6.54. The smallest absolute Gasteiger partial charge is 0.407 e. The minimum absolute atomic E-state index is 0.243. The summed E-state index contributed by atoms with van der Waals surface area (Å²) in [7, 11) is 2.28. The number of rotatable bonds is 5. The van der Waals surface area contributed by atoms with Gasteiger partial charge in [-0.1, -0.05) is 0 Å². The largest absolute Gasteiger partial charge is 0.444 e. The van der Waals surface area contributed by atoms with Crippen LogP contribution in [-0.2, 0) is 4.74 Å². The van der Waals surface area contributed by atoms with Gasteiger partial charge in [0.15, 0.2) is 0 Å². The van der Waals surface area contributed by atoms with Crippen LogP contribution in [0, 0.1) is 5.92 Å². The molecule has 2 aliphatic rings. The highest BCUT2D eigenvalue weighted by atomic mass is 16.6. The van der Waals surface area contributed by atoms with E-state index >= 15 is 0 Å². The predicted octanol–water partition coefficient (Wildman–Crippen LogP) is 4.25. The van der Waals surface area contributed by atoms with Gasteiger partial charge in [0.25, 0.3) is 0 Å². The average Bonchev–Trinajstić information content (AvgIpc) is 2.68. The molecule has 0 spiro atoms. The summed E-state index contributed by atoms with van der Waals surface area (Å²) in [6, 6.07) is 9.10. The van der Waals surface area contributed by atoms with Gasteiger partial charge in [-0.2, -0.15) is 0 Å². The van der Waals surface area contributed by atoms with Crippen molar-refractivity contribution in [1.29, 1.82) is 0 Å². The van der Waals surface area contributed by atoms with Gasteiger partial charge in [0.05, 0.1) is 0 Å². The summed E-state index contributed by atoms with van der Waals surface area (Å²) >= 11 is 0. The second-order valence-corrected chi connectivity index (χ2v) is 10.1. The fraction of sp³-hybridized carbons (Fsp3) is 0.708. The zero-order valence-electron chi connectivity index (χ0n) is 19.2. The molecule has 6 nitrogen and oxygen atoms in total. The van der Waals surface area contributed by atoms with E-state index in [1.165, 1.54) is 25.1 Å². The number of hydrogen-bond acceptors (Lipinski definition) is 5. The van der Waals surface area contributed by atoms with Gasteiger partial charge in [0, 0.05) is 43.1 Å². The van der Waals surface area contributed by atoms with E-state index in [-0.39, 0.29) is 12.1 Å². The fourth-order valence-electron chi connectivity index (χ4n) is 4.75. The first-order chi connectivity index (χ1) is 14.2. The van der Waals surface area contributed by atoms with Gasteiger partial charge in [-0.3, -0.25) is 0 Å². The number of carbonyl (C=O) groups excluding carboxylic acids is 1. The molecule has 0 unspecified atom stereocenters. The lowest BCUT2D eigenvalue weighted by atomic mass is 9.89. The fourth-order valence-corrected chi connectivity index (χ4v) is 4.75. The van der Waals surface area contributed by atoms with E-state index in [1.54, 1.807) is 0 Å².